The van der Waals surface area contributed by atoms with Gasteiger partial charge in [-0.3, -0.25) is 14.0 Å². The Balaban J connectivity index is 1.34. The van der Waals surface area contributed by atoms with Gasteiger partial charge in [0.05, 0.1) is 40.2 Å². The average Bonchev–Trinajstić information content (AvgIpc) is 3.66. The number of sulfonamides is 1. The number of halogens is 1. The summed E-state index contributed by atoms with van der Waals surface area (Å²) in [5.41, 5.74) is 2.56. The monoisotopic (exact) mass is 593 g/mol. The molecule has 0 aliphatic carbocycles. The highest BCUT2D eigenvalue weighted by atomic mass is 35.5. The third-order valence-corrected chi connectivity index (χ3v) is 10.2. The van der Waals surface area contributed by atoms with Crippen LogP contribution in [0.2, 0.25) is 5.02 Å². The molecule has 1 amide bonds. The summed E-state index contributed by atoms with van der Waals surface area (Å²) in [5.74, 6) is 0.743. The first-order chi connectivity index (χ1) is 19.4. The van der Waals surface area contributed by atoms with Crippen molar-refractivity contribution in [2.45, 2.75) is 24.3 Å². The summed E-state index contributed by atoms with van der Waals surface area (Å²) in [5, 5.41) is 0.906. The first kappa shape index (κ1) is 26.4. The molecule has 0 radical (unpaired) electrons. The van der Waals surface area contributed by atoms with Crippen LogP contribution >= 0.6 is 22.9 Å². The lowest BCUT2D eigenvalue weighted by Gasteiger charge is -2.30. The fraction of sp³-hybridized carbons (Fsp3) is 0.172. The maximum absolute atomic E-state index is 13.8. The standard InChI is InChI=1S/C29H24ClN3O5S2/c1-37-25-15-14-23(30)27-26(25)31-29(39-27)32(18-21-8-5-17-38-21)28(34)20-10-12-22(13-11-20)40(35,36)33-16-4-7-19-6-2-3-9-24(19)33/h2-3,5-6,8-15,17H,4,7,16,18H2,1H3. The molecule has 0 saturated carbocycles. The summed E-state index contributed by atoms with van der Waals surface area (Å²) < 4.78 is 40.3. The van der Waals surface area contributed by atoms with Gasteiger partial charge in [0.2, 0.25) is 0 Å². The normalized spacial score (nSPS) is 13.3. The highest BCUT2D eigenvalue weighted by Crippen LogP contribution is 2.39. The molecule has 0 unspecified atom stereocenters. The molecule has 8 nitrogen and oxygen atoms in total. The Bertz CT molecular complexity index is 1800. The Morgan fingerprint density at radius 3 is 2.65 bits per heavy atom. The number of aryl methyl sites for hydroxylation is 1. The van der Waals surface area contributed by atoms with Crippen LogP contribution in [0.4, 0.5) is 10.8 Å². The smallest absolute Gasteiger partial charge is 0.264 e. The van der Waals surface area contributed by atoms with Gasteiger partial charge in [-0.15, -0.1) is 0 Å². The second kappa shape index (κ2) is 10.6. The number of ether oxygens (including phenoxy) is 1. The van der Waals surface area contributed by atoms with E-state index in [0.29, 0.717) is 49.7 Å². The van der Waals surface area contributed by atoms with Gasteiger partial charge in [0.1, 0.15) is 17.0 Å². The minimum Gasteiger partial charge on any atom is -0.494 e. The molecule has 204 valence electrons. The van der Waals surface area contributed by atoms with Crippen LogP contribution in [0.3, 0.4) is 0 Å². The minimum atomic E-state index is -3.81. The van der Waals surface area contributed by atoms with Gasteiger partial charge in [-0.2, -0.15) is 0 Å². The van der Waals surface area contributed by atoms with Crippen molar-refractivity contribution in [2.75, 3.05) is 22.9 Å². The third-order valence-electron chi connectivity index (χ3n) is 6.79. The molecule has 0 fully saturated rings. The van der Waals surface area contributed by atoms with Gasteiger partial charge < -0.3 is 9.15 Å². The Morgan fingerprint density at radius 1 is 1.10 bits per heavy atom. The predicted octanol–water partition coefficient (Wildman–Crippen LogP) is 6.54. The Labute approximate surface area is 240 Å². The zero-order chi connectivity index (χ0) is 27.9. The maximum atomic E-state index is 13.8. The zero-order valence-electron chi connectivity index (χ0n) is 21.4. The highest BCUT2D eigenvalue weighted by Gasteiger charge is 2.30. The lowest BCUT2D eigenvalue weighted by molar-refractivity contribution is 0.0983. The van der Waals surface area contributed by atoms with Crippen molar-refractivity contribution < 1.29 is 22.4 Å². The molecular formula is C29H24ClN3O5S2. The number of anilines is 2. The number of methoxy groups -OCH3 is 1. The van der Waals surface area contributed by atoms with Crippen molar-refractivity contribution in [3.63, 3.8) is 0 Å². The number of amides is 1. The van der Waals surface area contributed by atoms with E-state index in [-0.39, 0.29) is 17.3 Å². The van der Waals surface area contributed by atoms with E-state index in [1.165, 1.54) is 51.1 Å². The Morgan fingerprint density at radius 2 is 1.90 bits per heavy atom. The average molecular weight is 594 g/mol. The number of para-hydroxylation sites is 1. The van der Waals surface area contributed by atoms with Gasteiger partial charge in [0.25, 0.3) is 15.9 Å². The number of nitrogens with zero attached hydrogens (tertiary/aromatic N) is 3. The van der Waals surface area contributed by atoms with Crippen LogP contribution in [0.1, 0.15) is 28.1 Å². The van der Waals surface area contributed by atoms with Crippen molar-refractivity contribution in [1.29, 1.82) is 0 Å². The molecule has 3 aromatic carbocycles. The lowest BCUT2D eigenvalue weighted by atomic mass is 10.0. The van der Waals surface area contributed by atoms with Crippen LogP contribution in [0.15, 0.2) is 88.4 Å². The highest BCUT2D eigenvalue weighted by molar-refractivity contribution is 7.92. The third kappa shape index (κ3) is 4.72. The van der Waals surface area contributed by atoms with Crippen molar-refractivity contribution >= 4 is 59.9 Å². The minimum absolute atomic E-state index is 0.120. The van der Waals surface area contributed by atoms with Crippen LogP contribution in [0.5, 0.6) is 5.75 Å². The molecule has 2 aromatic heterocycles. The molecule has 0 N–H and O–H groups in total. The summed E-state index contributed by atoms with van der Waals surface area (Å²) >= 11 is 7.69. The number of hydrogen-bond acceptors (Lipinski definition) is 7. The van der Waals surface area contributed by atoms with E-state index in [9.17, 15) is 13.2 Å². The molecule has 0 bridgehead atoms. The first-order valence-electron chi connectivity index (χ1n) is 12.5. The number of thiazole rings is 1. The molecule has 0 saturated heterocycles. The van der Waals surface area contributed by atoms with E-state index in [0.717, 1.165) is 18.4 Å². The Hall–Kier alpha value is -3.86. The zero-order valence-corrected chi connectivity index (χ0v) is 23.8. The second-order valence-electron chi connectivity index (χ2n) is 9.23. The number of furan rings is 1. The molecule has 40 heavy (non-hydrogen) atoms. The molecule has 0 spiro atoms. The number of carbonyl (C=O) groups is 1. The maximum Gasteiger partial charge on any atom is 0.264 e. The van der Waals surface area contributed by atoms with Crippen LogP contribution < -0.4 is 13.9 Å². The van der Waals surface area contributed by atoms with Gasteiger partial charge in [-0.1, -0.05) is 41.1 Å². The van der Waals surface area contributed by atoms with Crippen LogP contribution in [0.25, 0.3) is 10.2 Å². The topological polar surface area (TPSA) is 92.9 Å². The number of benzene rings is 3. The van der Waals surface area contributed by atoms with E-state index in [1.807, 2.05) is 24.3 Å². The van der Waals surface area contributed by atoms with Gasteiger partial charge in [-0.25, -0.2) is 13.4 Å². The van der Waals surface area contributed by atoms with E-state index >= 15 is 0 Å². The van der Waals surface area contributed by atoms with Crippen molar-refractivity contribution in [2.24, 2.45) is 0 Å². The van der Waals surface area contributed by atoms with Crippen LogP contribution in [-0.4, -0.2) is 33.0 Å². The molecule has 3 heterocycles. The quantitative estimate of drug-likeness (QED) is 0.213. The van der Waals surface area contributed by atoms with Crippen molar-refractivity contribution in [3.8, 4) is 5.75 Å². The largest absolute Gasteiger partial charge is 0.494 e. The van der Waals surface area contributed by atoms with Crippen LogP contribution in [-0.2, 0) is 23.0 Å². The van der Waals surface area contributed by atoms with E-state index in [2.05, 4.69) is 4.98 Å². The summed E-state index contributed by atoms with van der Waals surface area (Å²) in [4.78, 5) is 20.1. The van der Waals surface area contributed by atoms with Gasteiger partial charge in [0, 0.05) is 12.1 Å². The van der Waals surface area contributed by atoms with Gasteiger partial charge in [-0.05, 0) is 73.0 Å². The van der Waals surface area contributed by atoms with E-state index < -0.39 is 10.0 Å². The lowest BCUT2D eigenvalue weighted by Crippen LogP contribution is -2.35. The molecule has 1 aliphatic rings. The van der Waals surface area contributed by atoms with Crippen molar-refractivity contribution in [1.82, 2.24) is 4.98 Å². The van der Waals surface area contributed by atoms with E-state index in [4.69, 9.17) is 20.8 Å². The summed E-state index contributed by atoms with van der Waals surface area (Å²) in [7, 11) is -2.26. The number of hydrogen-bond donors (Lipinski definition) is 0. The van der Waals surface area contributed by atoms with Gasteiger partial charge in [0.15, 0.2) is 5.13 Å². The first-order valence-corrected chi connectivity index (χ1v) is 15.2. The molecular weight excluding hydrogens is 570 g/mol. The number of aromatic nitrogens is 1. The summed E-state index contributed by atoms with van der Waals surface area (Å²) in [6, 6.07) is 20.5. The molecule has 0 atom stereocenters. The molecule has 11 heteroatoms. The Kier molecular flexibility index (Phi) is 6.99. The molecule has 6 rings (SSSR count). The fourth-order valence-electron chi connectivity index (χ4n) is 4.81. The van der Waals surface area contributed by atoms with Crippen molar-refractivity contribution in [3.05, 3.63) is 101 Å². The number of rotatable bonds is 7. The summed E-state index contributed by atoms with van der Waals surface area (Å²) in [6.07, 6.45) is 3.12. The second-order valence-corrected chi connectivity index (χ2v) is 12.5. The SMILES string of the molecule is COc1ccc(Cl)c2sc(N(Cc3ccco3)C(=O)c3ccc(S(=O)(=O)N4CCCc5ccccc54)cc3)nc12. The number of fused-ring (bicyclic) bond motifs is 2. The fourth-order valence-corrected chi connectivity index (χ4v) is 7.60. The molecule has 1 aliphatic heterocycles. The summed E-state index contributed by atoms with van der Waals surface area (Å²) in [6.45, 7) is 0.525. The predicted molar refractivity (Wildman–Crippen MR) is 156 cm³/mol. The number of carbonyl (C=O) groups excluding carboxylic acids is 1. The van der Waals surface area contributed by atoms with Gasteiger partial charge >= 0.3 is 0 Å². The molecule has 5 aromatic rings. The van der Waals surface area contributed by atoms with Crippen LogP contribution in [0, 0.1) is 0 Å². The van der Waals surface area contributed by atoms with E-state index in [1.54, 1.807) is 31.4 Å².